The molecule has 20 heavy (non-hydrogen) atoms. The third-order valence-corrected chi connectivity index (χ3v) is 4.49. The van der Waals surface area contributed by atoms with E-state index in [4.69, 9.17) is 4.74 Å². The van der Waals surface area contributed by atoms with E-state index in [2.05, 4.69) is 12.2 Å². The van der Waals surface area contributed by atoms with Crippen molar-refractivity contribution in [3.63, 3.8) is 0 Å². The second-order valence-electron chi connectivity index (χ2n) is 7.51. The first kappa shape index (κ1) is 15.6. The van der Waals surface area contributed by atoms with Gasteiger partial charge in [-0.05, 0) is 45.4 Å². The summed E-state index contributed by atoms with van der Waals surface area (Å²) >= 11 is 0. The molecule has 0 aromatic carbocycles. The smallest absolute Gasteiger partial charge is 0.410 e. The Bertz CT molecular complexity index is 330. The van der Waals surface area contributed by atoms with E-state index in [0.717, 1.165) is 31.5 Å². The Morgan fingerprint density at radius 3 is 2.45 bits per heavy atom. The minimum absolute atomic E-state index is 0.159. The van der Waals surface area contributed by atoms with Gasteiger partial charge in [-0.3, -0.25) is 0 Å². The molecule has 1 aliphatic heterocycles. The van der Waals surface area contributed by atoms with Crippen molar-refractivity contribution in [1.82, 2.24) is 10.2 Å². The molecule has 116 valence electrons. The maximum Gasteiger partial charge on any atom is 0.410 e. The van der Waals surface area contributed by atoms with E-state index < -0.39 is 5.60 Å². The molecule has 0 aromatic heterocycles. The van der Waals surface area contributed by atoms with Gasteiger partial charge in [0.05, 0.1) is 0 Å². The van der Waals surface area contributed by atoms with Gasteiger partial charge >= 0.3 is 6.09 Å². The minimum atomic E-state index is -0.405. The van der Waals surface area contributed by atoms with Crippen LogP contribution in [0, 0.1) is 11.8 Å². The van der Waals surface area contributed by atoms with Crippen LogP contribution in [0.5, 0.6) is 0 Å². The number of carbonyl (C=O) groups is 1. The van der Waals surface area contributed by atoms with Crippen LogP contribution in [-0.2, 0) is 4.74 Å². The van der Waals surface area contributed by atoms with Gasteiger partial charge in [0.25, 0.3) is 0 Å². The summed E-state index contributed by atoms with van der Waals surface area (Å²) in [6.07, 6.45) is 5.08. The van der Waals surface area contributed by atoms with E-state index in [-0.39, 0.29) is 6.09 Å². The highest BCUT2D eigenvalue weighted by Crippen LogP contribution is 2.31. The second kappa shape index (κ2) is 6.33. The molecule has 1 aliphatic carbocycles. The van der Waals surface area contributed by atoms with E-state index >= 15 is 0 Å². The van der Waals surface area contributed by atoms with E-state index in [9.17, 15) is 4.79 Å². The molecule has 4 heteroatoms. The Labute approximate surface area is 123 Å². The number of nitrogens with one attached hydrogen (secondary N) is 1. The maximum absolute atomic E-state index is 12.2. The van der Waals surface area contributed by atoms with Gasteiger partial charge in [-0.25, -0.2) is 4.79 Å². The molecular formula is C16H30N2O2. The lowest BCUT2D eigenvalue weighted by Crippen LogP contribution is -2.56. The summed E-state index contributed by atoms with van der Waals surface area (Å²) < 4.78 is 5.49. The third kappa shape index (κ3) is 4.37. The van der Waals surface area contributed by atoms with Crippen molar-refractivity contribution in [2.75, 3.05) is 19.6 Å². The normalized spacial score (nSPS) is 32.0. The SMILES string of the molecule is CC1CCC(C2CN(C(=O)OC(C)(C)C)CCN2)CC1. The van der Waals surface area contributed by atoms with Gasteiger partial charge in [-0.15, -0.1) is 0 Å². The lowest BCUT2D eigenvalue weighted by molar-refractivity contribution is 0.0158. The fraction of sp³-hybridized carbons (Fsp3) is 0.938. The predicted octanol–water partition coefficient (Wildman–Crippen LogP) is 3.02. The summed E-state index contributed by atoms with van der Waals surface area (Å²) in [5.41, 5.74) is -0.405. The molecule has 1 N–H and O–H groups in total. The number of carbonyl (C=O) groups excluding carboxylic acids is 1. The number of nitrogens with zero attached hydrogens (tertiary/aromatic N) is 1. The van der Waals surface area contributed by atoms with E-state index in [1.807, 2.05) is 25.7 Å². The lowest BCUT2D eigenvalue weighted by atomic mass is 9.79. The standard InChI is InChI=1S/C16H30N2O2/c1-12-5-7-13(8-6-12)14-11-18(10-9-17-14)15(19)20-16(2,3)4/h12-14,17H,5-11H2,1-4H3. The third-order valence-electron chi connectivity index (χ3n) is 4.49. The molecule has 2 aliphatic rings. The number of amides is 1. The van der Waals surface area contributed by atoms with Gasteiger partial charge in [-0.2, -0.15) is 0 Å². The quantitative estimate of drug-likeness (QED) is 0.804. The highest BCUT2D eigenvalue weighted by molar-refractivity contribution is 5.68. The zero-order valence-electron chi connectivity index (χ0n) is 13.4. The van der Waals surface area contributed by atoms with Crippen molar-refractivity contribution >= 4 is 6.09 Å². The van der Waals surface area contributed by atoms with Gasteiger partial charge in [-0.1, -0.05) is 19.8 Å². The highest BCUT2D eigenvalue weighted by Gasteiger charge is 2.32. The van der Waals surface area contributed by atoms with E-state index in [1.165, 1.54) is 25.7 Å². The van der Waals surface area contributed by atoms with Crippen LogP contribution in [-0.4, -0.2) is 42.3 Å². The molecule has 0 radical (unpaired) electrons. The van der Waals surface area contributed by atoms with Crippen molar-refractivity contribution in [2.24, 2.45) is 11.8 Å². The number of ether oxygens (including phenoxy) is 1. The van der Waals surface area contributed by atoms with E-state index in [0.29, 0.717) is 6.04 Å². The number of hydrogen-bond donors (Lipinski definition) is 1. The summed E-state index contributed by atoms with van der Waals surface area (Å²) in [6.45, 7) is 10.6. The van der Waals surface area contributed by atoms with Crippen molar-refractivity contribution < 1.29 is 9.53 Å². The zero-order chi connectivity index (χ0) is 14.8. The average molecular weight is 282 g/mol. The number of piperazine rings is 1. The largest absolute Gasteiger partial charge is 0.444 e. The molecule has 1 saturated heterocycles. The van der Waals surface area contributed by atoms with Crippen LogP contribution < -0.4 is 5.32 Å². The van der Waals surface area contributed by atoms with Crippen molar-refractivity contribution in [3.05, 3.63) is 0 Å². The predicted molar refractivity (Wildman–Crippen MR) is 80.7 cm³/mol. The molecule has 0 aromatic rings. The minimum Gasteiger partial charge on any atom is -0.444 e. The van der Waals surface area contributed by atoms with Crippen LogP contribution in [0.25, 0.3) is 0 Å². The van der Waals surface area contributed by atoms with Crippen molar-refractivity contribution in [3.8, 4) is 0 Å². The van der Waals surface area contributed by atoms with Crippen LogP contribution in [0.4, 0.5) is 4.79 Å². The molecule has 1 heterocycles. The molecule has 1 saturated carbocycles. The summed E-state index contributed by atoms with van der Waals surface area (Å²) in [7, 11) is 0. The summed E-state index contributed by atoms with van der Waals surface area (Å²) in [4.78, 5) is 14.0. The van der Waals surface area contributed by atoms with Gasteiger partial charge < -0.3 is 15.0 Å². The van der Waals surface area contributed by atoms with Crippen LogP contribution in [0.15, 0.2) is 0 Å². The van der Waals surface area contributed by atoms with Gasteiger partial charge in [0.1, 0.15) is 5.60 Å². The molecule has 1 amide bonds. The fourth-order valence-electron chi connectivity index (χ4n) is 3.27. The molecule has 2 rings (SSSR count). The first-order valence-corrected chi connectivity index (χ1v) is 8.06. The van der Waals surface area contributed by atoms with Crippen molar-refractivity contribution in [1.29, 1.82) is 0 Å². The Morgan fingerprint density at radius 2 is 1.85 bits per heavy atom. The Morgan fingerprint density at radius 1 is 1.20 bits per heavy atom. The fourth-order valence-corrected chi connectivity index (χ4v) is 3.27. The van der Waals surface area contributed by atoms with Gasteiger partial charge in [0, 0.05) is 25.7 Å². The average Bonchev–Trinajstić information content (AvgIpc) is 2.38. The molecule has 4 nitrogen and oxygen atoms in total. The molecule has 0 spiro atoms. The maximum atomic E-state index is 12.2. The van der Waals surface area contributed by atoms with Crippen LogP contribution in [0.1, 0.15) is 53.4 Å². The van der Waals surface area contributed by atoms with Gasteiger partial charge in [0.2, 0.25) is 0 Å². The Kier molecular flexibility index (Phi) is 4.95. The molecule has 2 fully saturated rings. The Balaban J connectivity index is 1.86. The van der Waals surface area contributed by atoms with Crippen LogP contribution in [0.3, 0.4) is 0 Å². The summed E-state index contributed by atoms with van der Waals surface area (Å²) in [5.74, 6) is 1.59. The van der Waals surface area contributed by atoms with Crippen LogP contribution >= 0.6 is 0 Å². The Hall–Kier alpha value is -0.770. The van der Waals surface area contributed by atoms with Gasteiger partial charge in [0.15, 0.2) is 0 Å². The van der Waals surface area contributed by atoms with E-state index in [1.54, 1.807) is 0 Å². The number of hydrogen-bond acceptors (Lipinski definition) is 3. The first-order chi connectivity index (χ1) is 9.35. The first-order valence-electron chi connectivity index (χ1n) is 8.06. The topological polar surface area (TPSA) is 41.6 Å². The zero-order valence-corrected chi connectivity index (χ0v) is 13.4. The van der Waals surface area contributed by atoms with Crippen molar-refractivity contribution in [2.45, 2.75) is 65.0 Å². The highest BCUT2D eigenvalue weighted by atomic mass is 16.6. The molecule has 0 bridgehead atoms. The molecular weight excluding hydrogens is 252 g/mol. The summed E-state index contributed by atoms with van der Waals surface area (Å²) in [5, 5.41) is 3.60. The second-order valence-corrected chi connectivity index (χ2v) is 7.51. The molecule has 1 atom stereocenters. The monoisotopic (exact) mass is 282 g/mol. The van der Waals surface area contributed by atoms with Crippen LogP contribution in [0.2, 0.25) is 0 Å². The lowest BCUT2D eigenvalue weighted by Gasteiger charge is -2.40. The summed E-state index contributed by atoms with van der Waals surface area (Å²) in [6, 6.07) is 0.448. The molecule has 1 unspecified atom stereocenters. The number of rotatable bonds is 1.